The number of hydrogen-bond donors (Lipinski definition) is 2. The number of aryl methyl sites for hydroxylation is 1. The summed E-state index contributed by atoms with van der Waals surface area (Å²) in [7, 11) is 0. The maximum absolute atomic E-state index is 12.0. The fraction of sp³-hybridized carbons (Fsp3) is 0.0769. The third kappa shape index (κ3) is 2.78. The van der Waals surface area contributed by atoms with Gasteiger partial charge in [-0.05, 0) is 30.7 Å². The van der Waals surface area contributed by atoms with Crippen molar-refractivity contribution < 1.29 is 4.79 Å². The van der Waals surface area contributed by atoms with Crippen molar-refractivity contribution >= 4 is 29.0 Å². The Morgan fingerprint density at radius 3 is 2.72 bits per heavy atom. The van der Waals surface area contributed by atoms with Crippen LogP contribution in [0.1, 0.15) is 15.9 Å². The minimum atomic E-state index is -0.264. The van der Waals surface area contributed by atoms with Crippen molar-refractivity contribution in [3.63, 3.8) is 0 Å². The van der Waals surface area contributed by atoms with E-state index in [9.17, 15) is 4.79 Å². The highest BCUT2D eigenvalue weighted by Gasteiger charge is 2.09. The lowest BCUT2D eigenvalue weighted by Gasteiger charge is -2.08. The summed E-state index contributed by atoms with van der Waals surface area (Å²) < 4.78 is 0. The van der Waals surface area contributed by atoms with E-state index in [-0.39, 0.29) is 16.9 Å². The van der Waals surface area contributed by atoms with Crippen molar-refractivity contribution in [1.29, 1.82) is 0 Å². The van der Waals surface area contributed by atoms with Crippen molar-refractivity contribution in [3.05, 3.63) is 52.7 Å². The van der Waals surface area contributed by atoms with Gasteiger partial charge in [-0.2, -0.15) is 0 Å². The number of carbonyl (C=O) groups excluding carboxylic acids is 1. The fourth-order valence-electron chi connectivity index (χ4n) is 1.56. The molecule has 0 aliphatic rings. The Labute approximate surface area is 110 Å². The summed E-state index contributed by atoms with van der Waals surface area (Å²) >= 11 is 5.76. The summed E-state index contributed by atoms with van der Waals surface area (Å²) in [5, 5.41) is 3.00. The summed E-state index contributed by atoms with van der Waals surface area (Å²) in [5.41, 5.74) is 7.67. The van der Waals surface area contributed by atoms with Crippen molar-refractivity contribution in [2.45, 2.75) is 6.92 Å². The standard InChI is InChI=1S/C13H12ClN3O/c1-8-4-2-3-5-10(8)16-13(18)9-6-11(14)17-12(15)7-9/h2-7H,1H3,(H2,15,17)(H,16,18). The number of pyridine rings is 1. The molecular formula is C13H12ClN3O. The average Bonchev–Trinajstić information content (AvgIpc) is 2.31. The molecule has 0 spiro atoms. The van der Waals surface area contributed by atoms with Gasteiger partial charge in [0.1, 0.15) is 11.0 Å². The summed E-state index contributed by atoms with van der Waals surface area (Å²) in [6, 6.07) is 10.5. The number of amides is 1. The number of anilines is 2. The molecule has 18 heavy (non-hydrogen) atoms. The predicted octanol–water partition coefficient (Wildman–Crippen LogP) is 2.88. The Morgan fingerprint density at radius 1 is 1.33 bits per heavy atom. The maximum Gasteiger partial charge on any atom is 0.255 e. The number of benzene rings is 1. The third-order valence-electron chi connectivity index (χ3n) is 2.47. The number of nitrogens with two attached hydrogens (primary N) is 1. The molecule has 0 bridgehead atoms. The molecule has 0 atom stereocenters. The molecule has 1 heterocycles. The van der Waals surface area contributed by atoms with Gasteiger partial charge in [0.25, 0.3) is 5.91 Å². The van der Waals surface area contributed by atoms with Crippen molar-refractivity contribution in [1.82, 2.24) is 4.98 Å². The molecule has 0 radical (unpaired) electrons. The number of halogens is 1. The minimum Gasteiger partial charge on any atom is -0.384 e. The van der Waals surface area contributed by atoms with Crippen LogP contribution in [-0.4, -0.2) is 10.9 Å². The molecule has 0 saturated carbocycles. The van der Waals surface area contributed by atoms with Gasteiger partial charge in [-0.1, -0.05) is 29.8 Å². The molecule has 0 unspecified atom stereocenters. The average molecular weight is 262 g/mol. The number of para-hydroxylation sites is 1. The molecule has 4 nitrogen and oxygen atoms in total. The molecule has 2 rings (SSSR count). The molecule has 1 amide bonds. The lowest BCUT2D eigenvalue weighted by Crippen LogP contribution is -2.13. The molecule has 0 aliphatic carbocycles. The molecule has 0 fully saturated rings. The van der Waals surface area contributed by atoms with Gasteiger partial charge in [0.05, 0.1) is 0 Å². The number of hydrogen-bond acceptors (Lipinski definition) is 3. The Hall–Kier alpha value is -2.07. The summed E-state index contributed by atoms with van der Waals surface area (Å²) in [6.07, 6.45) is 0. The minimum absolute atomic E-state index is 0.199. The van der Waals surface area contributed by atoms with Crippen LogP contribution in [0.15, 0.2) is 36.4 Å². The molecule has 1 aromatic heterocycles. The van der Waals surface area contributed by atoms with Gasteiger partial charge >= 0.3 is 0 Å². The Balaban J connectivity index is 2.25. The normalized spacial score (nSPS) is 10.1. The first-order chi connectivity index (χ1) is 8.56. The zero-order chi connectivity index (χ0) is 13.1. The van der Waals surface area contributed by atoms with E-state index in [2.05, 4.69) is 10.3 Å². The maximum atomic E-state index is 12.0. The van der Waals surface area contributed by atoms with Crippen LogP contribution < -0.4 is 11.1 Å². The van der Waals surface area contributed by atoms with E-state index < -0.39 is 0 Å². The Bertz CT molecular complexity index is 578. The van der Waals surface area contributed by atoms with Crippen LogP contribution in [0.3, 0.4) is 0 Å². The van der Waals surface area contributed by atoms with Gasteiger partial charge < -0.3 is 11.1 Å². The summed E-state index contributed by atoms with van der Waals surface area (Å²) in [5.74, 6) is -0.0438. The molecular weight excluding hydrogens is 250 g/mol. The SMILES string of the molecule is Cc1ccccc1NC(=O)c1cc(N)nc(Cl)c1. The smallest absolute Gasteiger partial charge is 0.255 e. The van der Waals surface area contributed by atoms with Gasteiger partial charge in [0, 0.05) is 11.3 Å². The number of nitrogen functional groups attached to an aromatic ring is 1. The van der Waals surface area contributed by atoms with E-state index in [0.717, 1.165) is 11.3 Å². The monoisotopic (exact) mass is 261 g/mol. The van der Waals surface area contributed by atoms with Crippen LogP contribution >= 0.6 is 11.6 Å². The van der Waals surface area contributed by atoms with E-state index >= 15 is 0 Å². The lowest BCUT2D eigenvalue weighted by atomic mass is 10.2. The van der Waals surface area contributed by atoms with Crippen molar-refractivity contribution in [3.8, 4) is 0 Å². The topological polar surface area (TPSA) is 68.0 Å². The Kier molecular flexibility index (Phi) is 3.48. The molecule has 0 aliphatic heterocycles. The van der Waals surface area contributed by atoms with Gasteiger partial charge in [-0.15, -0.1) is 0 Å². The number of aromatic nitrogens is 1. The van der Waals surface area contributed by atoms with Gasteiger partial charge in [0.15, 0.2) is 0 Å². The third-order valence-corrected chi connectivity index (χ3v) is 2.66. The van der Waals surface area contributed by atoms with Gasteiger partial charge in [-0.25, -0.2) is 4.98 Å². The van der Waals surface area contributed by atoms with Gasteiger partial charge in [-0.3, -0.25) is 4.79 Å². The lowest BCUT2D eigenvalue weighted by molar-refractivity contribution is 0.102. The first-order valence-electron chi connectivity index (χ1n) is 5.36. The van der Waals surface area contributed by atoms with Crippen LogP contribution in [0.5, 0.6) is 0 Å². The fourth-order valence-corrected chi connectivity index (χ4v) is 1.77. The highest BCUT2D eigenvalue weighted by atomic mass is 35.5. The van der Waals surface area contributed by atoms with E-state index in [4.69, 9.17) is 17.3 Å². The van der Waals surface area contributed by atoms with Crippen LogP contribution in [-0.2, 0) is 0 Å². The van der Waals surface area contributed by atoms with Crippen LogP contribution in [0, 0.1) is 6.92 Å². The van der Waals surface area contributed by atoms with Crippen molar-refractivity contribution in [2.24, 2.45) is 0 Å². The van der Waals surface area contributed by atoms with Crippen LogP contribution in [0.25, 0.3) is 0 Å². The largest absolute Gasteiger partial charge is 0.384 e. The Morgan fingerprint density at radius 2 is 2.06 bits per heavy atom. The van der Waals surface area contributed by atoms with Crippen LogP contribution in [0.2, 0.25) is 5.15 Å². The molecule has 5 heteroatoms. The van der Waals surface area contributed by atoms with Gasteiger partial charge in [0.2, 0.25) is 0 Å². The van der Waals surface area contributed by atoms with Crippen LogP contribution in [0.4, 0.5) is 11.5 Å². The van der Waals surface area contributed by atoms with E-state index in [0.29, 0.717) is 5.56 Å². The molecule has 1 aromatic carbocycles. The molecule has 3 N–H and O–H groups in total. The zero-order valence-corrected chi connectivity index (χ0v) is 10.5. The van der Waals surface area contributed by atoms with E-state index in [1.54, 1.807) is 0 Å². The second-order valence-corrected chi connectivity index (χ2v) is 4.26. The van der Waals surface area contributed by atoms with Crippen molar-refractivity contribution in [2.75, 3.05) is 11.1 Å². The second-order valence-electron chi connectivity index (χ2n) is 3.87. The quantitative estimate of drug-likeness (QED) is 0.817. The molecule has 2 aromatic rings. The zero-order valence-electron chi connectivity index (χ0n) is 9.77. The highest BCUT2D eigenvalue weighted by Crippen LogP contribution is 2.17. The summed E-state index contributed by atoms with van der Waals surface area (Å²) in [6.45, 7) is 1.92. The summed E-state index contributed by atoms with van der Waals surface area (Å²) in [4.78, 5) is 15.8. The van der Waals surface area contributed by atoms with E-state index in [1.165, 1.54) is 12.1 Å². The molecule has 0 saturated heterocycles. The molecule has 92 valence electrons. The highest BCUT2D eigenvalue weighted by molar-refractivity contribution is 6.30. The number of nitrogens with zero attached hydrogens (tertiary/aromatic N) is 1. The van der Waals surface area contributed by atoms with E-state index in [1.807, 2.05) is 31.2 Å². The predicted molar refractivity (Wildman–Crippen MR) is 72.8 cm³/mol. The first kappa shape index (κ1) is 12.4. The number of nitrogens with one attached hydrogen (secondary N) is 1. The first-order valence-corrected chi connectivity index (χ1v) is 5.74. The number of rotatable bonds is 2. The number of carbonyl (C=O) groups is 1. The second kappa shape index (κ2) is 5.06.